The third-order valence-electron chi connectivity index (χ3n) is 4.12. The van der Waals surface area contributed by atoms with Crippen molar-refractivity contribution in [2.75, 3.05) is 13.1 Å². The maximum absolute atomic E-state index is 12.3. The Morgan fingerprint density at radius 1 is 1.24 bits per heavy atom. The van der Waals surface area contributed by atoms with Gasteiger partial charge in [0.15, 0.2) is 0 Å². The maximum atomic E-state index is 12.3. The van der Waals surface area contributed by atoms with Crippen LogP contribution in [0.15, 0.2) is 0 Å². The summed E-state index contributed by atoms with van der Waals surface area (Å²) < 4.78 is 0. The number of aliphatic hydroxyl groups is 2. The summed E-state index contributed by atoms with van der Waals surface area (Å²) in [5.74, 6) is 0.344. The van der Waals surface area contributed by atoms with Gasteiger partial charge in [-0.25, -0.2) is 0 Å². The molecule has 0 radical (unpaired) electrons. The quantitative estimate of drug-likeness (QED) is 0.568. The van der Waals surface area contributed by atoms with Crippen LogP contribution < -0.4 is 5.73 Å². The van der Waals surface area contributed by atoms with Crippen LogP contribution in [0.4, 0.5) is 0 Å². The van der Waals surface area contributed by atoms with Crippen LogP contribution in [-0.4, -0.2) is 52.4 Å². The smallest absolute Gasteiger partial charge is 0.226 e. The van der Waals surface area contributed by atoms with Gasteiger partial charge in [-0.05, 0) is 25.2 Å². The molecule has 1 saturated carbocycles. The SMILES string of the molecule is CC1CCC(N)CC1C(=O)N1CC(O)C(O)C1. The molecule has 5 heteroatoms. The summed E-state index contributed by atoms with van der Waals surface area (Å²) in [6.07, 6.45) is 1.09. The topological polar surface area (TPSA) is 86.8 Å². The Kier molecular flexibility index (Phi) is 3.70. The summed E-state index contributed by atoms with van der Waals surface area (Å²) in [6.45, 7) is 2.58. The molecule has 0 aromatic rings. The molecule has 1 amide bonds. The number of carbonyl (C=O) groups excluding carboxylic acids is 1. The number of nitrogens with zero attached hydrogens (tertiary/aromatic N) is 1. The Morgan fingerprint density at radius 3 is 2.41 bits per heavy atom. The van der Waals surface area contributed by atoms with E-state index >= 15 is 0 Å². The van der Waals surface area contributed by atoms with E-state index in [-0.39, 0.29) is 31.0 Å². The van der Waals surface area contributed by atoms with E-state index < -0.39 is 12.2 Å². The molecule has 4 N–H and O–H groups in total. The van der Waals surface area contributed by atoms with Crippen LogP contribution in [0.2, 0.25) is 0 Å². The maximum Gasteiger partial charge on any atom is 0.226 e. The van der Waals surface area contributed by atoms with Gasteiger partial charge < -0.3 is 20.8 Å². The minimum atomic E-state index is -0.800. The normalized spacial score (nSPS) is 42.8. The van der Waals surface area contributed by atoms with Gasteiger partial charge in [-0.15, -0.1) is 0 Å². The lowest BCUT2D eigenvalue weighted by molar-refractivity contribution is -0.138. The highest BCUT2D eigenvalue weighted by atomic mass is 16.3. The van der Waals surface area contributed by atoms with Crippen LogP contribution in [0.25, 0.3) is 0 Å². The second-order valence-electron chi connectivity index (χ2n) is 5.53. The third kappa shape index (κ3) is 2.61. The number of aliphatic hydroxyl groups excluding tert-OH is 2. The molecule has 1 aliphatic carbocycles. The molecule has 1 heterocycles. The lowest BCUT2D eigenvalue weighted by Crippen LogP contribution is -2.43. The molecule has 5 nitrogen and oxygen atoms in total. The predicted molar refractivity (Wildman–Crippen MR) is 63.1 cm³/mol. The van der Waals surface area contributed by atoms with Crippen LogP contribution in [0.3, 0.4) is 0 Å². The lowest BCUT2D eigenvalue weighted by Gasteiger charge is -2.34. The summed E-state index contributed by atoms with van der Waals surface area (Å²) in [5.41, 5.74) is 5.91. The van der Waals surface area contributed by atoms with Crippen LogP contribution in [-0.2, 0) is 4.79 Å². The van der Waals surface area contributed by atoms with Gasteiger partial charge in [-0.2, -0.15) is 0 Å². The second kappa shape index (κ2) is 4.92. The van der Waals surface area contributed by atoms with Crippen molar-refractivity contribution in [1.82, 2.24) is 4.90 Å². The van der Waals surface area contributed by atoms with Crippen molar-refractivity contribution < 1.29 is 15.0 Å². The molecule has 2 fully saturated rings. The van der Waals surface area contributed by atoms with E-state index in [2.05, 4.69) is 6.92 Å². The Labute approximate surface area is 102 Å². The van der Waals surface area contributed by atoms with Crippen LogP contribution >= 0.6 is 0 Å². The zero-order chi connectivity index (χ0) is 12.6. The average Bonchev–Trinajstić information content (AvgIpc) is 2.62. The monoisotopic (exact) mass is 242 g/mol. The van der Waals surface area contributed by atoms with Gasteiger partial charge in [0.05, 0.1) is 12.2 Å². The van der Waals surface area contributed by atoms with Crippen LogP contribution in [0.5, 0.6) is 0 Å². The molecule has 1 aliphatic heterocycles. The molecule has 0 aromatic carbocycles. The molecule has 2 aliphatic rings. The van der Waals surface area contributed by atoms with Crippen molar-refractivity contribution in [3.63, 3.8) is 0 Å². The number of hydrogen-bond donors (Lipinski definition) is 3. The molecule has 0 spiro atoms. The van der Waals surface area contributed by atoms with E-state index in [4.69, 9.17) is 5.73 Å². The largest absolute Gasteiger partial charge is 0.388 e. The molecule has 0 aromatic heterocycles. The first-order valence-corrected chi connectivity index (χ1v) is 6.39. The van der Waals surface area contributed by atoms with Crippen molar-refractivity contribution in [3.05, 3.63) is 0 Å². The minimum absolute atomic E-state index is 0.0447. The van der Waals surface area contributed by atoms with Gasteiger partial charge in [0.25, 0.3) is 0 Å². The van der Waals surface area contributed by atoms with Gasteiger partial charge in [0.2, 0.25) is 5.91 Å². The fourth-order valence-corrected chi connectivity index (χ4v) is 2.88. The first kappa shape index (κ1) is 12.8. The number of amides is 1. The molecular weight excluding hydrogens is 220 g/mol. The Morgan fingerprint density at radius 2 is 1.82 bits per heavy atom. The highest BCUT2D eigenvalue weighted by Gasteiger charge is 2.39. The van der Waals surface area contributed by atoms with Crippen LogP contribution in [0, 0.1) is 11.8 Å². The Hall–Kier alpha value is -0.650. The standard InChI is InChI=1S/C12H22N2O3/c1-7-2-3-8(13)4-9(7)12(17)14-5-10(15)11(16)6-14/h7-11,15-16H,2-6,13H2,1H3. The van der Waals surface area contributed by atoms with Crippen molar-refractivity contribution in [3.8, 4) is 0 Å². The van der Waals surface area contributed by atoms with E-state index in [1.54, 1.807) is 4.90 Å². The number of likely N-dealkylation sites (tertiary alicyclic amines) is 1. The highest BCUT2D eigenvalue weighted by molar-refractivity contribution is 5.79. The molecular formula is C12H22N2O3. The van der Waals surface area contributed by atoms with E-state index in [1.165, 1.54) is 0 Å². The second-order valence-corrected chi connectivity index (χ2v) is 5.53. The van der Waals surface area contributed by atoms with Gasteiger partial charge in [0.1, 0.15) is 0 Å². The van der Waals surface area contributed by atoms with Crippen molar-refractivity contribution in [2.24, 2.45) is 17.6 Å². The van der Waals surface area contributed by atoms with E-state index in [9.17, 15) is 15.0 Å². The van der Waals surface area contributed by atoms with E-state index in [1.807, 2.05) is 0 Å². The zero-order valence-corrected chi connectivity index (χ0v) is 10.2. The molecule has 2 rings (SSSR count). The van der Waals surface area contributed by atoms with Gasteiger partial charge in [-0.3, -0.25) is 4.79 Å². The number of β-amino-alcohol motifs (C(OH)–C–C–N with tert-alkyl or cyclic N) is 2. The molecule has 5 atom stereocenters. The van der Waals surface area contributed by atoms with E-state index in [0.717, 1.165) is 19.3 Å². The van der Waals surface area contributed by atoms with Crippen molar-refractivity contribution in [2.45, 2.75) is 44.4 Å². The average molecular weight is 242 g/mol. The molecule has 98 valence electrons. The van der Waals surface area contributed by atoms with Gasteiger partial charge >= 0.3 is 0 Å². The summed E-state index contributed by atoms with van der Waals surface area (Å²) in [7, 11) is 0. The molecule has 5 unspecified atom stereocenters. The minimum Gasteiger partial charge on any atom is -0.388 e. The first-order chi connectivity index (χ1) is 7.99. The summed E-state index contributed by atoms with van der Waals surface area (Å²) >= 11 is 0. The van der Waals surface area contributed by atoms with Crippen molar-refractivity contribution >= 4 is 5.91 Å². The number of carbonyl (C=O) groups is 1. The molecule has 17 heavy (non-hydrogen) atoms. The third-order valence-corrected chi connectivity index (χ3v) is 4.12. The first-order valence-electron chi connectivity index (χ1n) is 6.39. The highest BCUT2D eigenvalue weighted by Crippen LogP contribution is 2.31. The Bertz CT molecular complexity index is 287. The zero-order valence-electron chi connectivity index (χ0n) is 10.2. The van der Waals surface area contributed by atoms with Crippen LogP contribution in [0.1, 0.15) is 26.2 Å². The molecule has 1 saturated heterocycles. The fraction of sp³-hybridized carbons (Fsp3) is 0.917. The summed E-state index contributed by atoms with van der Waals surface area (Å²) in [4.78, 5) is 13.9. The number of nitrogens with two attached hydrogens (primary N) is 1. The summed E-state index contributed by atoms with van der Waals surface area (Å²) in [6, 6.07) is 0.109. The predicted octanol–water partition coefficient (Wildman–Crippen LogP) is -0.686. The van der Waals surface area contributed by atoms with Gasteiger partial charge in [0, 0.05) is 25.0 Å². The fourth-order valence-electron chi connectivity index (χ4n) is 2.88. The van der Waals surface area contributed by atoms with E-state index in [0.29, 0.717) is 5.92 Å². The lowest BCUT2D eigenvalue weighted by atomic mass is 9.77. The van der Waals surface area contributed by atoms with Gasteiger partial charge in [-0.1, -0.05) is 6.92 Å². The number of rotatable bonds is 1. The molecule has 0 bridgehead atoms. The van der Waals surface area contributed by atoms with Crippen molar-refractivity contribution in [1.29, 1.82) is 0 Å². The Balaban J connectivity index is 1.99. The summed E-state index contributed by atoms with van der Waals surface area (Å²) in [5, 5.41) is 18.9. The number of hydrogen-bond acceptors (Lipinski definition) is 4.